The molecular formula is C18H20BrNO3. The maximum Gasteiger partial charge on any atom is 0.258 e. The third-order valence-electron chi connectivity index (χ3n) is 3.44. The number of hydrogen-bond donors (Lipinski definition) is 1. The van der Waals surface area contributed by atoms with Crippen LogP contribution < -0.4 is 14.8 Å². The Morgan fingerprint density at radius 1 is 1.13 bits per heavy atom. The van der Waals surface area contributed by atoms with Crippen molar-refractivity contribution in [1.82, 2.24) is 5.32 Å². The predicted molar refractivity (Wildman–Crippen MR) is 93.8 cm³/mol. The van der Waals surface area contributed by atoms with Crippen molar-refractivity contribution >= 4 is 21.8 Å². The van der Waals surface area contributed by atoms with E-state index in [0.717, 1.165) is 16.5 Å². The Labute approximate surface area is 144 Å². The zero-order valence-electron chi connectivity index (χ0n) is 13.2. The average molecular weight is 378 g/mol. The van der Waals surface area contributed by atoms with Crippen molar-refractivity contribution in [3.05, 3.63) is 58.6 Å². The van der Waals surface area contributed by atoms with Gasteiger partial charge in [0.2, 0.25) is 0 Å². The zero-order valence-corrected chi connectivity index (χ0v) is 14.8. The summed E-state index contributed by atoms with van der Waals surface area (Å²) in [6.45, 7) is 1.99. The highest BCUT2D eigenvalue weighted by atomic mass is 79.9. The number of nitrogens with one attached hydrogen (secondary N) is 1. The Balaban J connectivity index is 1.94. The lowest BCUT2D eigenvalue weighted by Gasteiger charge is -2.18. The minimum Gasteiger partial charge on any atom is -0.493 e. The molecule has 1 unspecified atom stereocenters. The summed E-state index contributed by atoms with van der Waals surface area (Å²) in [4.78, 5) is 12.1. The van der Waals surface area contributed by atoms with Gasteiger partial charge in [-0.1, -0.05) is 47.1 Å². The predicted octanol–water partition coefficient (Wildman–Crippen LogP) is 4.10. The van der Waals surface area contributed by atoms with Crippen LogP contribution in [-0.4, -0.2) is 19.6 Å². The van der Waals surface area contributed by atoms with Gasteiger partial charge in [-0.25, -0.2) is 0 Å². The Bertz CT molecular complexity index is 643. The summed E-state index contributed by atoms with van der Waals surface area (Å²) < 4.78 is 11.8. The van der Waals surface area contributed by atoms with Crippen LogP contribution in [0.4, 0.5) is 0 Å². The van der Waals surface area contributed by atoms with E-state index in [0.29, 0.717) is 11.5 Å². The molecule has 0 aliphatic heterocycles. The molecule has 1 amide bonds. The molecule has 2 rings (SSSR count). The molecule has 0 radical (unpaired) electrons. The van der Waals surface area contributed by atoms with E-state index in [1.807, 2.05) is 43.3 Å². The molecule has 1 N–H and O–H groups in total. The smallest absolute Gasteiger partial charge is 0.258 e. The van der Waals surface area contributed by atoms with E-state index in [2.05, 4.69) is 21.2 Å². The number of para-hydroxylation sites is 2. The molecule has 0 aliphatic rings. The number of halogens is 1. The third kappa shape index (κ3) is 4.99. The number of carbonyl (C=O) groups is 1. The van der Waals surface area contributed by atoms with Crippen molar-refractivity contribution in [2.45, 2.75) is 19.4 Å². The SMILES string of the molecule is CCC(NC(=O)COc1ccccc1OC)c1ccc(Br)cc1. The summed E-state index contributed by atoms with van der Waals surface area (Å²) in [6, 6.07) is 15.2. The first-order chi connectivity index (χ1) is 11.1. The summed E-state index contributed by atoms with van der Waals surface area (Å²) in [5.41, 5.74) is 1.07. The lowest BCUT2D eigenvalue weighted by atomic mass is 10.0. The molecule has 0 saturated carbocycles. The van der Waals surface area contributed by atoms with E-state index in [1.54, 1.807) is 19.2 Å². The second-order valence-electron chi connectivity index (χ2n) is 5.02. The number of benzene rings is 2. The van der Waals surface area contributed by atoms with Crippen molar-refractivity contribution in [2.24, 2.45) is 0 Å². The monoisotopic (exact) mass is 377 g/mol. The fourth-order valence-corrected chi connectivity index (χ4v) is 2.50. The second kappa shape index (κ2) is 8.58. The van der Waals surface area contributed by atoms with E-state index in [1.165, 1.54) is 0 Å². The van der Waals surface area contributed by atoms with Gasteiger partial charge in [0.15, 0.2) is 18.1 Å². The van der Waals surface area contributed by atoms with Gasteiger partial charge in [-0.3, -0.25) is 4.79 Å². The van der Waals surface area contributed by atoms with Crippen molar-refractivity contribution in [1.29, 1.82) is 0 Å². The van der Waals surface area contributed by atoms with E-state index in [9.17, 15) is 4.79 Å². The highest BCUT2D eigenvalue weighted by molar-refractivity contribution is 9.10. The van der Waals surface area contributed by atoms with Gasteiger partial charge < -0.3 is 14.8 Å². The van der Waals surface area contributed by atoms with E-state index in [4.69, 9.17) is 9.47 Å². The quantitative estimate of drug-likeness (QED) is 0.789. The van der Waals surface area contributed by atoms with Crippen molar-refractivity contribution in [3.63, 3.8) is 0 Å². The summed E-state index contributed by atoms with van der Waals surface area (Å²) in [5.74, 6) is 1.01. The first-order valence-electron chi connectivity index (χ1n) is 7.44. The van der Waals surface area contributed by atoms with Gasteiger partial charge in [-0.05, 0) is 36.2 Å². The van der Waals surface area contributed by atoms with Gasteiger partial charge in [0.05, 0.1) is 13.2 Å². The van der Waals surface area contributed by atoms with Crippen molar-refractivity contribution in [2.75, 3.05) is 13.7 Å². The molecule has 2 aromatic carbocycles. The lowest BCUT2D eigenvalue weighted by Crippen LogP contribution is -2.32. The highest BCUT2D eigenvalue weighted by Gasteiger charge is 2.13. The summed E-state index contributed by atoms with van der Waals surface area (Å²) in [5, 5.41) is 2.99. The normalized spacial score (nSPS) is 11.6. The molecule has 1 atom stereocenters. The summed E-state index contributed by atoms with van der Waals surface area (Å²) >= 11 is 3.41. The number of rotatable bonds is 7. The Morgan fingerprint density at radius 3 is 2.39 bits per heavy atom. The number of methoxy groups -OCH3 is 1. The Hall–Kier alpha value is -2.01. The summed E-state index contributed by atoms with van der Waals surface area (Å²) in [6.07, 6.45) is 0.808. The van der Waals surface area contributed by atoms with Crippen LogP contribution in [0.5, 0.6) is 11.5 Å². The van der Waals surface area contributed by atoms with Crippen LogP contribution in [0.1, 0.15) is 24.9 Å². The number of carbonyl (C=O) groups excluding carboxylic acids is 1. The van der Waals surface area contributed by atoms with Gasteiger partial charge in [0.1, 0.15) is 0 Å². The highest BCUT2D eigenvalue weighted by Crippen LogP contribution is 2.25. The molecule has 0 saturated heterocycles. The minimum absolute atomic E-state index is 0.0307. The van der Waals surface area contributed by atoms with Crippen LogP contribution in [0.25, 0.3) is 0 Å². The molecule has 0 spiro atoms. The van der Waals surface area contributed by atoms with Gasteiger partial charge in [0, 0.05) is 4.47 Å². The van der Waals surface area contributed by atoms with Crippen LogP contribution in [0, 0.1) is 0 Å². The van der Waals surface area contributed by atoms with E-state index < -0.39 is 0 Å². The maximum atomic E-state index is 12.1. The molecule has 0 aromatic heterocycles. The zero-order chi connectivity index (χ0) is 16.7. The van der Waals surface area contributed by atoms with E-state index in [-0.39, 0.29) is 18.6 Å². The van der Waals surface area contributed by atoms with Crippen LogP contribution >= 0.6 is 15.9 Å². The number of amides is 1. The van der Waals surface area contributed by atoms with Gasteiger partial charge in [-0.15, -0.1) is 0 Å². The molecule has 0 heterocycles. The first-order valence-corrected chi connectivity index (χ1v) is 8.24. The maximum absolute atomic E-state index is 12.1. The molecule has 2 aromatic rings. The largest absolute Gasteiger partial charge is 0.493 e. The third-order valence-corrected chi connectivity index (χ3v) is 3.97. The fourth-order valence-electron chi connectivity index (χ4n) is 2.23. The van der Waals surface area contributed by atoms with Gasteiger partial charge >= 0.3 is 0 Å². The lowest BCUT2D eigenvalue weighted by molar-refractivity contribution is -0.123. The van der Waals surface area contributed by atoms with Crippen molar-refractivity contribution in [3.8, 4) is 11.5 Å². The van der Waals surface area contributed by atoms with Gasteiger partial charge in [-0.2, -0.15) is 0 Å². The number of ether oxygens (including phenoxy) is 2. The molecule has 0 fully saturated rings. The Morgan fingerprint density at radius 2 is 1.78 bits per heavy atom. The molecule has 4 nitrogen and oxygen atoms in total. The fraction of sp³-hybridized carbons (Fsp3) is 0.278. The average Bonchev–Trinajstić information content (AvgIpc) is 2.59. The number of hydrogen-bond acceptors (Lipinski definition) is 3. The van der Waals surface area contributed by atoms with Crippen LogP contribution in [-0.2, 0) is 4.79 Å². The Kier molecular flexibility index (Phi) is 6.47. The molecule has 23 heavy (non-hydrogen) atoms. The minimum atomic E-state index is -0.161. The molecule has 0 bridgehead atoms. The molecular weight excluding hydrogens is 358 g/mol. The second-order valence-corrected chi connectivity index (χ2v) is 5.94. The van der Waals surface area contributed by atoms with Crippen molar-refractivity contribution < 1.29 is 14.3 Å². The van der Waals surface area contributed by atoms with Crippen LogP contribution in [0.15, 0.2) is 53.0 Å². The van der Waals surface area contributed by atoms with E-state index >= 15 is 0 Å². The standard InChI is InChI=1S/C18H20BrNO3/c1-3-15(13-8-10-14(19)11-9-13)20-18(21)12-23-17-7-5-4-6-16(17)22-2/h4-11,15H,3,12H2,1-2H3,(H,20,21). The molecule has 0 aliphatic carbocycles. The van der Waals surface area contributed by atoms with Crippen LogP contribution in [0.3, 0.4) is 0 Å². The summed E-state index contributed by atoms with van der Waals surface area (Å²) in [7, 11) is 1.57. The van der Waals surface area contributed by atoms with Crippen LogP contribution in [0.2, 0.25) is 0 Å². The first kappa shape index (κ1) is 17.3. The van der Waals surface area contributed by atoms with Gasteiger partial charge in [0.25, 0.3) is 5.91 Å². The molecule has 5 heteroatoms. The topological polar surface area (TPSA) is 47.6 Å². The molecule has 122 valence electrons.